The molecule has 1 aromatic carbocycles. The predicted molar refractivity (Wildman–Crippen MR) is 99.3 cm³/mol. The first-order valence-electron chi connectivity index (χ1n) is 7.60. The number of carbonyl (C=O) groups is 1. The molecule has 7 heteroatoms. The van der Waals surface area contributed by atoms with Gasteiger partial charge in [-0.1, -0.05) is 55.2 Å². The molecular weight excluding hydrogens is 365 g/mol. The van der Waals surface area contributed by atoms with Gasteiger partial charge in [-0.3, -0.25) is 4.79 Å². The number of hydrogen-bond donors (Lipinski definition) is 0. The van der Waals surface area contributed by atoms with Crippen LogP contribution >= 0.6 is 23.2 Å². The van der Waals surface area contributed by atoms with Crippen molar-refractivity contribution in [1.82, 2.24) is 5.16 Å². The van der Waals surface area contributed by atoms with Crippen LogP contribution in [-0.4, -0.2) is 19.8 Å². The summed E-state index contributed by atoms with van der Waals surface area (Å²) >= 11 is 12.4. The molecule has 2 aromatic rings. The average molecular weight is 386 g/mol. The Kier molecular flexibility index (Phi) is 5.60. The fourth-order valence-electron chi connectivity index (χ4n) is 1.92. The highest BCUT2D eigenvalue weighted by Gasteiger charge is 2.37. The summed E-state index contributed by atoms with van der Waals surface area (Å²) in [6.07, 6.45) is 0.704. The Morgan fingerprint density at radius 3 is 2.33 bits per heavy atom. The monoisotopic (exact) mass is 385 g/mol. The number of halogens is 2. The molecule has 1 aromatic heterocycles. The first-order valence-corrected chi connectivity index (χ1v) is 11.3. The maximum Gasteiger partial charge on any atom is 0.192 e. The molecule has 24 heavy (non-hydrogen) atoms. The van der Waals surface area contributed by atoms with E-state index in [2.05, 4.69) is 39.0 Å². The lowest BCUT2D eigenvalue weighted by Gasteiger charge is -2.35. The van der Waals surface area contributed by atoms with E-state index in [4.69, 9.17) is 32.2 Å². The number of aldehydes is 1. The molecule has 2 rings (SSSR count). The van der Waals surface area contributed by atoms with Gasteiger partial charge in [-0.2, -0.15) is 0 Å². The minimum Gasteiger partial charge on any atom is -0.409 e. The maximum absolute atomic E-state index is 11.6. The van der Waals surface area contributed by atoms with Crippen molar-refractivity contribution in [1.29, 1.82) is 0 Å². The van der Waals surface area contributed by atoms with E-state index in [9.17, 15) is 4.79 Å². The normalized spacial score (nSPS) is 12.5. The molecule has 0 amide bonds. The van der Waals surface area contributed by atoms with Crippen molar-refractivity contribution in [3.05, 3.63) is 39.6 Å². The fraction of sp³-hybridized carbons (Fsp3) is 0.412. The summed E-state index contributed by atoms with van der Waals surface area (Å²) in [4.78, 5) is 11.6. The van der Waals surface area contributed by atoms with Crippen molar-refractivity contribution >= 4 is 37.8 Å². The Hall–Kier alpha value is -1.14. The number of benzene rings is 1. The maximum atomic E-state index is 11.6. The third kappa shape index (κ3) is 3.75. The van der Waals surface area contributed by atoms with Gasteiger partial charge < -0.3 is 8.95 Å². The molecule has 1 heterocycles. The summed E-state index contributed by atoms with van der Waals surface area (Å²) in [5.41, 5.74) is 1.16. The molecule has 0 radical (unpaired) electrons. The van der Waals surface area contributed by atoms with Crippen molar-refractivity contribution in [3.63, 3.8) is 0 Å². The summed E-state index contributed by atoms with van der Waals surface area (Å²) in [5.74, 6) is 0.390. The second-order valence-electron chi connectivity index (χ2n) is 7.13. The van der Waals surface area contributed by atoms with Gasteiger partial charge in [0.2, 0.25) is 0 Å². The highest BCUT2D eigenvalue weighted by Crippen LogP contribution is 2.39. The van der Waals surface area contributed by atoms with Crippen molar-refractivity contribution in [2.24, 2.45) is 0 Å². The molecule has 130 valence electrons. The molecule has 0 bridgehead atoms. The Bertz CT molecular complexity index is 731. The van der Waals surface area contributed by atoms with E-state index in [0.717, 1.165) is 0 Å². The van der Waals surface area contributed by atoms with E-state index in [1.165, 1.54) is 0 Å². The summed E-state index contributed by atoms with van der Waals surface area (Å²) in [7, 11) is -1.97. The van der Waals surface area contributed by atoms with Crippen molar-refractivity contribution < 1.29 is 13.7 Å². The van der Waals surface area contributed by atoms with Crippen LogP contribution in [0.5, 0.6) is 0 Å². The Morgan fingerprint density at radius 1 is 1.25 bits per heavy atom. The van der Waals surface area contributed by atoms with Crippen LogP contribution in [0.3, 0.4) is 0 Å². The number of nitrogens with zero attached hydrogens (tertiary/aromatic N) is 1. The van der Waals surface area contributed by atoms with Gasteiger partial charge in [0.1, 0.15) is 5.69 Å². The molecule has 0 aliphatic heterocycles. The van der Waals surface area contributed by atoms with Crippen LogP contribution in [0.4, 0.5) is 0 Å². The van der Waals surface area contributed by atoms with E-state index in [-0.39, 0.29) is 11.6 Å². The molecule has 0 unspecified atom stereocenters. The second kappa shape index (κ2) is 7.00. The van der Waals surface area contributed by atoms with Gasteiger partial charge in [0.25, 0.3) is 0 Å². The molecule has 0 saturated carbocycles. The number of rotatable bonds is 5. The predicted octanol–water partition coefficient (Wildman–Crippen LogP) is 5.98. The lowest BCUT2D eigenvalue weighted by Crippen LogP contribution is -2.40. The minimum absolute atomic E-state index is 0.0588. The SMILES string of the molecule is CC(C)(C)[Si](C)(C)OCc1onc(-c2c(Cl)cccc2Cl)c1C=O. The van der Waals surface area contributed by atoms with Crippen molar-refractivity contribution in [2.45, 2.75) is 45.5 Å². The Labute approximate surface area is 153 Å². The lowest BCUT2D eigenvalue weighted by molar-refractivity contribution is 0.111. The van der Waals surface area contributed by atoms with Gasteiger partial charge in [-0.25, -0.2) is 0 Å². The molecular formula is C17H21Cl2NO3Si. The number of aromatic nitrogens is 1. The molecule has 0 aliphatic rings. The number of hydrogen-bond acceptors (Lipinski definition) is 4. The quantitative estimate of drug-likeness (QED) is 0.468. The van der Waals surface area contributed by atoms with Gasteiger partial charge in [-0.05, 0) is 30.3 Å². The molecule has 0 atom stereocenters. The molecule has 0 fully saturated rings. The van der Waals surface area contributed by atoms with Crippen LogP contribution in [0.2, 0.25) is 28.2 Å². The van der Waals surface area contributed by atoms with Gasteiger partial charge >= 0.3 is 0 Å². The van der Waals surface area contributed by atoms with Crippen LogP contribution in [0.1, 0.15) is 36.9 Å². The lowest BCUT2D eigenvalue weighted by atomic mass is 10.1. The van der Waals surface area contributed by atoms with Crippen molar-refractivity contribution in [2.75, 3.05) is 0 Å². The minimum atomic E-state index is -1.97. The van der Waals surface area contributed by atoms with Gasteiger partial charge in [0, 0.05) is 5.56 Å². The Balaban J connectivity index is 2.36. The molecule has 0 aliphatic carbocycles. The Morgan fingerprint density at radius 2 is 1.83 bits per heavy atom. The van der Waals surface area contributed by atoms with Crippen molar-refractivity contribution in [3.8, 4) is 11.3 Å². The van der Waals surface area contributed by atoms with Crippen LogP contribution in [0, 0.1) is 0 Å². The third-order valence-electron chi connectivity index (χ3n) is 4.49. The first-order chi connectivity index (χ1) is 11.1. The first kappa shape index (κ1) is 19.2. The van der Waals surface area contributed by atoms with E-state index < -0.39 is 8.32 Å². The summed E-state index contributed by atoms with van der Waals surface area (Å²) in [5, 5.41) is 4.89. The average Bonchev–Trinajstić information content (AvgIpc) is 2.86. The highest BCUT2D eigenvalue weighted by atomic mass is 35.5. The van der Waals surface area contributed by atoms with E-state index in [0.29, 0.717) is 38.9 Å². The zero-order valence-corrected chi connectivity index (χ0v) is 17.0. The summed E-state index contributed by atoms with van der Waals surface area (Å²) < 4.78 is 11.5. The van der Waals surface area contributed by atoms with Crippen LogP contribution in [0.25, 0.3) is 11.3 Å². The topological polar surface area (TPSA) is 52.3 Å². The fourth-order valence-corrected chi connectivity index (χ4v) is 3.43. The van der Waals surface area contributed by atoms with E-state index in [1.807, 2.05) is 0 Å². The second-order valence-corrected chi connectivity index (χ2v) is 12.8. The summed E-state index contributed by atoms with van der Waals surface area (Å²) in [6, 6.07) is 5.12. The molecule has 0 spiro atoms. The van der Waals surface area contributed by atoms with E-state index >= 15 is 0 Å². The molecule has 0 saturated heterocycles. The molecule has 4 nitrogen and oxygen atoms in total. The zero-order valence-electron chi connectivity index (χ0n) is 14.4. The van der Waals surface area contributed by atoms with Gasteiger partial charge in [0.15, 0.2) is 20.4 Å². The van der Waals surface area contributed by atoms with Gasteiger partial charge in [0.05, 0.1) is 22.2 Å². The zero-order chi connectivity index (χ0) is 18.1. The van der Waals surface area contributed by atoms with Crippen LogP contribution < -0.4 is 0 Å². The van der Waals surface area contributed by atoms with Crippen LogP contribution in [-0.2, 0) is 11.0 Å². The summed E-state index contributed by atoms with van der Waals surface area (Å²) in [6.45, 7) is 10.9. The number of carbonyl (C=O) groups excluding carboxylic acids is 1. The smallest absolute Gasteiger partial charge is 0.192 e. The van der Waals surface area contributed by atoms with Gasteiger partial charge in [-0.15, -0.1) is 0 Å². The largest absolute Gasteiger partial charge is 0.409 e. The third-order valence-corrected chi connectivity index (χ3v) is 9.60. The highest BCUT2D eigenvalue weighted by molar-refractivity contribution is 6.74. The standard InChI is InChI=1S/C17H21Cl2NO3Si/c1-17(2,3)24(4,5)22-10-14-11(9-21)16(20-23-14)15-12(18)7-6-8-13(15)19/h6-9H,10H2,1-5H3. The van der Waals surface area contributed by atoms with Crippen LogP contribution in [0.15, 0.2) is 22.7 Å². The molecule has 0 N–H and O–H groups in total. The van der Waals surface area contributed by atoms with E-state index in [1.54, 1.807) is 18.2 Å².